The third-order valence-corrected chi connectivity index (χ3v) is 2.42. The van der Waals surface area contributed by atoms with Crippen molar-refractivity contribution in [1.29, 1.82) is 0 Å². The monoisotopic (exact) mass is 182 g/mol. The lowest BCUT2D eigenvalue weighted by Crippen LogP contribution is -1.94. The quantitative estimate of drug-likeness (QED) is 0.602. The van der Waals surface area contributed by atoms with Gasteiger partial charge in [-0.2, -0.15) is 0 Å². The Morgan fingerprint density at radius 3 is 2.62 bits per heavy atom. The maximum atomic E-state index is 12.8. The fourth-order valence-electron chi connectivity index (χ4n) is 1.71. The summed E-state index contributed by atoms with van der Waals surface area (Å²) in [6.45, 7) is 1.83. The van der Waals surface area contributed by atoms with E-state index in [2.05, 4.69) is 0 Å². The van der Waals surface area contributed by atoms with Crippen LogP contribution >= 0.6 is 0 Å². The van der Waals surface area contributed by atoms with Gasteiger partial charge in [-0.1, -0.05) is 6.92 Å². The first-order valence-corrected chi connectivity index (χ1v) is 4.11. The molecule has 0 fully saturated rings. The highest BCUT2D eigenvalue weighted by molar-refractivity contribution is 6.01. The van der Waals surface area contributed by atoms with E-state index in [0.717, 1.165) is 12.1 Å². The average Bonchev–Trinajstić information content (AvgIpc) is 2.31. The highest BCUT2D eigenvalue weighted by Gasteiger charge is 2.27. The third kappa shape index (κ3) is 1.15. The van der Waals surface area contributed by atoms with Crippen LogP contribution in [-0.2, 0) is 0 Å². The maximum absolute atomic E-state index is 12.8. The second-order valence-electron chi connectivity index (χ2n) is 3.38. The van der Waals surface area contributed by atoms with Crippen molar-refractivity contribution < 1.29 is 13.6 Å². The number of hydrogen-bond donors (Lipinski definition) is 0. The topological polar surface area (TPSA) is 17.1 Å². The van der Waals surface area contributed by atoms with E-state index < -0.39 is 11.6 Å². The van der Waals surface area contributed by atoms with Crippen LogP contribution in [0.1, 0.15) is 35.2 Å². The molecule has 0 spiro atoms. The van der Waals surface area contributed by atoms with E-state index in [9.17, 15) is 13.6 Å². The second-order valence-corrected chi connectivity index (χ2v) is 3.38. The van der Waals surface area contributed by atoms with Gasteiger partial charge in [-0.15, -0.1) is 0 Å². The van der Waals surface area contributed by atoms with Gasteiger partial charge in [-0.25, -0.2) is 8.78 Å². The summed E-state index contributed by atoms with van der Waals surface area (Å²) in [5, 5.41) is 0. The molecular weight excluding hydrogens is 174 g/mol. The predicted octanol–water partition coefficient (Wildman–Crippen LogP) is 2.65. The lowest BCUT2D eigenvalue weighted by Gasteiger charge is -2.02. The molecule has 1 nitrogen and oxygen atoms in total. The highest BCUT2D eigenvalue weighted by atomic mass is 19.2. The summed E-state index contributed by atoms with van der Waals surface area (Å²) in [6, 6.07) is 2.12. The zero-order valence-electron chi connectivity index (χ0n) is 7.10. The van der Waals surface area contributed by atoms with Crippen molar-refractivity contribution in [3.63, 3.8) is 0 Å². The smallest absolute Gasteiger partial charge is 0.163 e. The molecule has 13 heavy (non-hydrogen) atoms. The van der Waals surface area contributed by atoms with Gasteiger partial charge in [-0.3, -0.25) is 4.79 Å². The Balaban J connectivity index is 2.65. The van der Waals surface area contributed by atoms with Crippen LogP contribution in [0.2, 0.25) is 0 Å². The number of carbonyl (C=O) groups is 1. The normalized spacial score (nSPS) is 20.5. The molecule has 0 saturated heterocycles. The molecule has 0 aromatic heterocycles. The summed E-state index contributed by atoms with van der Waals surface area (Å²) in [4.78, 5) is 11.3. The molecule has 1 aliphatic carbocycles. The van der Waals surface area contributed by atoms with E-state index in [1.54, 1.807) is 0 Å². The molecule has 1 aliphatic rings. The lowest BCUT2D eigenvalue weighted by molar-refractivity contribution is 0.0990. The number of Topliss-reactive ketones (excluding diaryl/α,β-unsaturated/α-hetero) is 1. The Morgan fingerprint density at radius 2 is 1.92 bits per heavy atom. The Morgan fingerprint density at radius 1 is 1.31 bits per heavy atom. The van der Waals surface area contributed by atoms with E-state index in [1.807, 2.05) is 6.92 Å². The van der Waals surface area contributed by atoms with Crippen molar-refractivity contribution in [2.24, 2.45) is 0 Å². The molecule has 1 aromatic carbocycles. The van der Waals surface area contributed by atoms with Gasteiger partial charge in [-0.05, 0) is 23.6 Å². The molecule has 0 bridgehead atoms. The van der Waals surface area contributed by atoms with Crippen molar-refractivity contribution in [1.82, 2.24) is 0 Å². The van der Waals surface area contributed by atoms with Crippen LogP contribution in [0.4, 0.5) is 8.78 Å². The molecule has 2 rings (SSSR count). The van der Waals surface area contributed by atoms with Crippen LogP contribution in [0.25, 0.3) is 0 Å². The lowest BCUT2D eigenvalue weighted by atomic mass is 10.0. The molecule has 1 unspecified atom stereocenters. The number of halogens is 2. The second kappa shape index (κ2) is 2.62. The Labute approximate surface area is 74.4 Å². The zero-order valence-corrected chi connectivity index (χ0v) is 7.10. The van der Waals surface area contributed by atoms with Crippen molar-refractivity contribution in [2.45, 2.75) is 19.3 Å². The van der Waals surface area contributed by atoms with Crippen molar-refractivity contribution in [3.8, 4) is 0 Å². The van der Waals surface area contributed by atoms with Crippen LogP contribution in [0.3, 0.4) is 0 Å². The Kier molecular flexibility index (Phi) is 1.68. The van der Waals surface area contributed by atoms with Crippen LogP contribution in [-0.4, -0.2) is 5.78 Å². The van der Waals surface area contributed by atoms with Gasteiger partial charge in [0.25, 0.3) is 0 Å². The van der Waals surface area contributed by atoms with Gasteiger partial charge in [0.05, 0.1) is 0 Å². The summed E-state index contributed by atoms with van der Waals surface area (Å²) in [6.07, 6.45) is 0.359. The molecule has 1 atom stereocenters. The molecule has 0 saturated carbocycles. The first kappa shape index (κ1) is 8.35. The van der Waals surface area contributed by atoms with E-state index in [0.29, 0.717) is 17.5 Å². The number of hydrogen-bond acceptors (Lipinski definition) is 1. The summed E-state index contributed by atoms with van der Waals surface area (Å²) >= 11 is 0. The van der Waals surface area contributed by atoms with Crippen molar-refractivity contribution >= 4 is 5.78 Å². The van der Waals surface area contributed by atoms with Crippen LogP contribution in [0.15, 0.2) is 12.1 Å². The Hall–Kier alpha value is -1.25. The largest absolute Gasteiger partial charge is 0.294 e. The number of benzene rings is 1. The molecule has 0 radical (unpaired) electrons. The van der Waals surface area contributed by atoms with E-state index in [1.165, 1.54) is 0 Å². The average molecular weight is 182 g/mol. The van der Waals surface area contributed by atoms with Gasteiger partial charge >= 0.3 is 0 Å². The fraction of sp³-hybridized carbons (Fsp3) is 0.300. The number of ketones is 1. The number of rotatable bonds is 0. The third-order valence-electron chi connectivity index (χ3n) is 2.42. The summed E-state index contributed by atoms with van der Waals surface area (Å²) < 4.78 is 25.5. The van der Waals surface area contributed by atoms with E-state index >= 15 is 0 Å². The standard InChI is InChI=1S/C10H8F2O/c1-5-2-10(13)7-4-9(12)8(11)3-6(5)7/h3-5H,2H2,1H3. The van der Waals surface area contributed by atoms with Crippen molar-refractivity contribution in [3.05, 3.63) is 34.9 Å². The van der Waals surface area contributed by atoms with Gasteiger partial charge in [0.1, 0.15) is 0 Å². The van der Waals surface area contributed by atoms with Crippen molar-refractivity contribution in [2.75, 3.05) is 0 Å². The van der Waals surface area contributed by atoms with Crippen LogP contribution < -0.4 is 0 Å². The molecule has 1 aromatic rings. The molecule has 3 heteroatoms. The minimum atomic E-state index is -0.943. The first-order chi connectivity index (χ1) is 6.09. The molecule has 0 N–H and O–H groups in total. The molecular formula is C10H8F2O. The maximum Gasteiger partial charge on any atom is 0.163 e. The van der Waals surface area contributed by atoms with Gasteiger partial charge < -0.3 is 0 Å². The minimum Gasteiger partial charge on any atom is -0.294 e. The minimum absolute atomic E-state index is 0.0117. The van der Waals surface area contributed by atoms with Gasteiger partial charge in [0.2, 0.25) is 0 Å². The number of fused-ring (bicyclic) bond motifs is 1. The van der Waals surface area contributed by atoms with E-state index in [4.69, 9.17) is 0 Å². The van der Waals surface area contributed by atoms with Gasteiger partial charge in [0.15, 0.2) is 17.4 Å². The Bertz CT molecular complexity index is 385. The zero-order chi connectivity index (χ0) is 9.59. The predicted molar refractivity (Wildman–Crippen MR) is 43.7 cm³/mol. The molecule has 0 aliphatic heterocycles. The molecule has 0 amide bonds. The summed E-state index contributed by atoms with van der Waals surface area (Å²) in [5.41, 5.74) is 0.968. The number of carbonyl (C=O) groups excluding carboxylic acids is 1. The fourth-order valence-corrected chi connectivity index (χ4v) is 1.71. The molecule has 0 heterocycles. The summed E-state index contributed by atoms with van der Waals surface area (Å²) in [5.74, 6) is -1.90. The SMILES string of the molecule is CC1CC(=O)c2cc(F)c(F)cc21. The summed E-state index contributed by atoms with van der Waals surface area (Å²) in [7, 11) is 0. The van der Waals surface area contributed by atoms with E-state index in [-0.39, 0.29) is 11.7 Å². The highest BCUT2D eigenvalue weighted by Crippen LogP contribution is 2.33. The molecule has 68 valence electrons. The van der Waals surface area contributed by atoms with Crippen LogP contribution in [0.5, 0.6) is 0 Å². The van der Waals surface area contributed by atoms with Crippen LogP contribution in [0, 0.1) is 11.6 Å². The first-order valence-electron chi connectivity index (χ1n) is 4.11. The van der Waals surface area contributed by atoms with Gasteiger partial charge in [0, 0.05) is 12.0 Å².